The molecular weight excluding hydrogens is 344 g/mol. The zero-order valence-corrected chi connectivity index (χ0v) is 14.6. The van der Waals surface area contributed by atoms with Crippen LogP contribution in [0.2, 0.25) is 0 Å². The van der Waals surface area contributed by atoms with E-state index in [2.05, 4.69) is 5.32 Å². The summed E-state index contributed by atoms with van der Waals surface area (Å²) in [5.41, 5.74) is 0.332. The highest BCUT2D eigenvalue weighted by atomic mass is 32.2. The minimum atomic E-state index is -3.95. The SMILES string of the molecule is COc1ccc(NC(=O)CCCOc2ccccc2)cc1S(N)(=O)=O. The standard InChI is InChI=1S/C17H20N2O5S/c1-23-15-10-9-13(12-16(15)25(18,21)22)19-17(20)8-5-11-24-14-6-3-2-4-7-14/h2-4,6-7,9-10,12H,5,8,11H2,1H3,(H,19,20)(H2,18,21,22). The van der Waals surface area contributed by atoms with Crippen LogP contribution in [0.5, 0.6) is 11.5 Å². The lowest BCUT2D eigenvalue weighted by Gasteiger charge is -2.10. The Morgan fingerprint density at radius 3 is 2.52 bits per heavy atom. The first-order chi connectivity index (χ1) is 11.9. The average Bonchev–Trinajstić information content (AvgIpc) is 2.59. The van der Waals surface area contributed by atoms with Crippen molar-refractivity contribution in [3.05, 3.63) is 48.5 Å². The van der Waals surface area contributed by atoms with E-state index in [1.807, 2.05) is 30.3 Å². The number of hydrogen-bond donors (Lipinski definition) is 2. The number of hydrogen-bond acceptors (Lipinski definition) is 5. The fraction of sp³-hybridized carbons (Fsp3) is 0.235. The molecule has 0 aliphatic rings. The van der Waals surface area contributed by atoms with Crippen molar-refractivity contribution in [3.8, 4) is 11.5 Å². The van der Waals surface area contributed by atoms with Crippen LogP contribution in [0, 0.1) is 0 Å². The zero-order chi connectivity index (χ0) is 18.3. The number of anilines is 1. The number of sulfonamides is 1. The van der Waals surface area contributed by atoms with E-state index < -0.39 is 10.0 Å². The summed E-state index contributed by atoms with van der Waals surface area (Å²) in [7, 11) is -2.61. The van der Waals surface area contributed by atoms with Gasteiger partial charge in [0.1, 0.15) is 16.4 Å². The van der Waals surface area contributed by atoms with E-state index in [1.54, 1.807) is 6.07 Å². The number of benzene rings is 2. The van der Waals surface area contributed by atoms with Crippen molar-refractivity contribution in [1.29, 1.82) is 0 Å². The summed E-state index contributed by atoms with van der Waals surface area (Å²) in [4.78, 5) is 11.8. The third kappa shape index (κ3) is 5.77. The molecule has 0 saturated heterocycles. The lowest BCUT2D eigenvalue weighted by atomic mass is 10.2. The summed E-state index contributed by atoms with van der Waals surface area (Å²) in [6, 6.07) is 13.6. The molecule has 2 aromatic carbocycles. The molecule has 0 aliphatic heterocycles. The third-order valence-corrected chi connectivity index (χ3v) is 4.25. The van der Waals surface area contributed by atoms with Crippen molar-refractivity contribution < 1.29 is 22.7 Å². The molecule has 0 unspecified atom stereocenters. The van der Waals surface area contributed by atoms with Gasteiger partial charge >= 0.3 is 0 Å². The first-order valence-electron chi connectivity index (χ1n) is 7.58. The van der Waals surface area contributed by atoms with Crippen molar-refractivity contribution in [3.63, 3.8) is 0 Å². The van der Waals surface area contributed by atoms with Crippen LogP contribution in [0.1, 0.15) is 12.8 Å². The summed E-state index contributed by atoms with van der Waals surface area (Å²) in [6.07, 6.45) is 0.766. The smallest absolute Gasteiger partial charge is 0.241 e. The minimum Gasteiger partial charge on any atom is -0.495 e. The first-order valence-corrected chi connectivity index (χ1v) is 9.13. The van der Waals surface area contributed by atoms with Gasteiger partial charge in [-0.1, -0.05) is 18.2 Å². The Bertz CT molecular complexity index is 822. The molecule has 0 aromatic heterocycles. The van der Waals surface area contributed by atoms with Crippen molar-refractivity contribution in [2.24, 2.45) is 5.14 Å². The molecule has 0 atom stereocenters. The van der Waals surface area contributed by atoms with Crippen LogP contribution in [-0.2, 0) is 14.8 Å². The number of carbonyl (C=O) groups excluding carboxylic acids is 1. The Labute approximate surface area is 146 Å². The van der Waals surface area contributed by atoms with Crippen LogP contribution >= 0.6 is 0 Å². The van der Waals surface area contributed by atoms with E-state index in [0.29, 0.717) is 18.7 Å². The first kappa shape index (κ1) is 18.8. The molecule has 1 amide bonds. The highest BCUT2D eigenvalue weighted by molar-refractivity contribution is 7.89. The highest BCUT2D eigenvalue weighted by Gasteiger charge is 2.16. The number of ether oxygens (including phenoxy) is 2. The maximum Gasteiger partial charge on any atom is 0.241 e. The molecule has 3 N–H and O–H groups in total. The summed E-state index contributed by atoms with van der Waals surface area (Å²) >= 11 is 0. The molecular formula is C17H20N2O5S. The normalized spacial score (nSPS) is 11.0. The van der Waals surface area contributed by atoms with Crippen LogP contribution in [0.3, 0.4) is 0 Å². The minimum absolute atomic E-state index is 0.122. The van der Waals surface area contributed by atoms with Crippen molar-refractivity contribution in [2.75, 3.05) is 19.0 Å². The number of carbonyl (C=O) groups is 1. The lowest BCUT2D eigenvalue weighted by molar-refractivity contribution is -0.116. The summed E-state index contributed by atoms with van der Waals surface area (Å²) in [5.74, 6) is 0.620. The van der Waals surface area contributed by atoms with Gasteiger partial charge in [0, 0.05) is 12.1 Å². The van der Waals surface area contributed by atoms with Crippen LogP contribution in [0.25, 0.3) is 0 Å². The Morgan fingerprint density at radius 2 is 1.88 bits per heavy atom. The Kier molecular flexibility index (Phi) is 6.37. The molecule has 134 valence electrons. The second-order valence-corrected chi connectivity index (χ2v) is 6.75. The van der Waals surface area contributed by atoms with Gasteiger partial charge in [-0.2, -0.15) is 0 Å². The average molecular weight is 364 g/mol. The number of nitrogens with one attached hydrogen (secondary N) is 1. The van der Waals surface area contributed by atoms with Crippen LogP contribution < -0.4 is 19.9 Å². The zero-order valence-electron chi connectivity index (χ0n) is 13.8. The van der Waals surface area contributed by atoms with Gasteiger partial charge in [0.25, 0.3) is 0 Å². The Hall–Kier alpha value is -2.58. The number of amides is 1. The van der Waals surface area contributed by atoms with Gasteiger partial charge in [-0.3, -0.25) is 4.79 Å². The van der Waals surface area contributed by atoms with E-state index in [4.69, 9.17) is 14.6 Å². The van der Waals surface area contributed by atoms with Gasteiger partial charge in [-0.15, -0.1) is 0 Å². The molecule has 25 heavy (non-hydrogen) atoms. The van der Waals surface area contributed by atoms with E-state index in [0.717, 1.165) is 5.75 Å². The topological polar surface area (TPSA) is 108 Å². The van der Waals surface area contributed by atoms with E-state index in [1.165, 1.54) is 19.2 Å². The molecule has 0 heterocycles. The molecule has 0 fully saturated rings. The van der Waals surface area contributed by atoms with Gasteiger partial charge < -0.3 is 14.8 Å². The number of rotatable bonds is 8. The summed E-state index contributed by atoms with van der Waals surface area (Å²) in [6.45, 7) is 0.405. The molecule has 0 saturated carbocycles. The lowest BCUT2D eigenvalue weighted by Crippen LogP contribution is -2.16. The predicted octanol–water partition coefficient (Wildman–Crippen LogP) is 2.14. The van der Waals surface area contributed by atoms with Crippen molar-refractivity contribution in [1.82, 2.24) is 0 Å². The van der Waals surface area contributed by atoms with E-state index in [-0.39, 0.29) is 23.0 Å². The summed E-state index contributed by atoms with van der Waals surface area (Å²) < 4.78 is 33.6. The molecule has 2 aromatic rings. The maximum atomic E-state index is 12.0. The molecule has 2 rings (SSSR count). The van der Waals surface area contributed by atoms with Crippen LogP contribution in [0.15, 0.2) is 53.4 Å². The van der Waals surface area contributed by atoms with E-state index in [9.17, 15) is 13.2 Å². The largest absolute Gasteiger partial charge is 0.495 e. The highest BCUT2D eigenvalue weighted by Crippen LogP contribution is 2.26. The molecule has 0 radical (unpaired) electrons. The number of methoxy groups -OCH3 is 1. The number of nitrogens with two attached hydrogens (primary N) is 1. The molecule has 0 bridgehead atoms. The number of para-hydroxylation sites is 1. The van der Waals surface area contributed by atoms with Gasteiger partial charge in [-0.25, -0.2) is 13.6 Å². The molecule has 7 nitrogen and oxygen atoms in total. The predicted molar refractivity (Wildman–Crippen MR) is 94.2 cm³/mol. The fourth-order valence-electron chi connectivity index (χ4n) is 2.14. The van der Waals surface area contributed by atoms with Crippen molar-refractivity contribution >= 4 is 21.6 Å². The Balaban J connectivity index is 1.88. The second-order valence-electron chi connectivity index (χ2n) is 5.22. The molecule has 0 spiro atoms. The summed E-state index contributed by atoms with van der Waals surface area (Å²) in [5, 5.41) is 7.78. The quantitative estimate of drug-likeness (QED) is 0.698. The van der Waals surface area contributed by atoms with Gasteiger partial charge in [-0.05, 0) is 36.8 Å². The Morgan fingerprint density at radius 1 is 1.16 bits per heavy atom. The van der Waals surface area contributed by atoms with Gasteiger partial charge in [0.2, 0.25) is 15.9 Å². The van der Waals surface area contributed by atoms with E-state index >= 15 is 0 Å². The van der Waals surface area contributed by atoms with Gasteiger partial charge in [0.15, 0.2) is 0 Å². The molecule has 8 heteroatoms. The number of primary sulfonamides is 1. The second kappa shape index (κ2) is 8.50. The van der Waals surface area contributed by atoms with Gasteiger partial charge in [0.05, 0.1) is 13.7 Å². The van der Waals surface area contributed by atoms with Crippen LogP contribution in [-0.4, -0.2) is 28.0 Å². The fourth-order valence-corrected chi connectivity index (χ4v) is 2.86. The molecule has 0 aliphatic carbocycles. The van der Waals surface area contributed by atoms with Crippen LogP contribution in [0.4, 0.5) is 5.69 Å². The third-order valence-electron chi connectivity index (χ3n) is 3.31. The maximum absolute atomic E-state index is 12.0. The van der Waals surface area contributed by atoms with Crippen molar-refractivity contribution in [2.45, 2.75) is 17.7 Å². The monoisotopic (exact) mass is 364 g/mol.